The highest BCUT2D eigenvalue weighted by molar-refractivity contribution is 7.90. The summed E-state index contributed by atoms with van der Waals surface area (Å²) in [6.45, 7) is 5.73. The highest BCUT2D eigenvalue weighted by atomic mass is 32.2. The van der Waals surface area contributed by atoms with Crippen molar-refractivity contribution in [1.82, 2.24) is 5.32 Å². The predicted molar refractivity (Wildman–Crippen MR) is 134 cm³/mol. The smallest absolute Gasteiger partial charge is 0.459 e. The Morgan fingerprint density at radius 3 is 2.38 bits per heavy atom. The quantitative estimate of drug-likeness (QED) is 0.411. The Hall–Kier alpha value is -2.34. The van der Waals surface area contributed by atoms with Gasteiger partial charge in [-0.2, -0.15) is 13.5 Å². The van der Waals surface area contributed by atoms with Gasteiger partial charge in [0, 0.05) is 11.8 Å². The Morgan fingerprint density at radius 2 is 1.82 bits per heavy atom. The molecule has 2 N–H and O–H groups in total. The number of carbonyl (C=O) groups is 2. The third-order valence-corrected chi connectivity index (χ3v) is 6.76. The van der Waals surface area contributed by atoms with Gasteiger partial charge in [-0.15, -0.1) is 0 Å². The number of ether oxygens (including phenoxy) is 1. The topological polar surface area (TPSA) is 119 Å². The minimum Gasteiger partial charge on any atom is -0.459 e. The maximum Gasteiger partial charge on any atom is 0.492 e. The summed E-state index contributed by atoms with van der Waals surface area (Å²) in [5, 5.41) is 12.9. The Bertz CT molecular complexity index is 1150. The molecule has 34 heavy (non-hydrogen) atoms. The molecule has 0 spiro atoms. The van der Waals surface area contributed by atoms with Crippen molar-refractivity contribution in [2.24, 2.45) is 5.92 Å². The van der Waals surface area contributed by atoms with E-state index < -0.39 is 34.9 Å². The van der Waals surface area contributed by atoms with Crippen LogP contribution < -0.4 is 10.8 Å². The molecule has 3 rings (SSSR count). The molecule has 8 nitrogen and oxygen atoms in total. The van der Waals surface area contributed by atoms with Gasteiger partial charge in [0.15, 0.2) is 9.84 Å². The second-order valence-electron chi connectivity index (χ2n) is 8.40. The molecule has 0 aromatic heterocycles. The molecule has 2 aromatic rings. The second kappa shape index (κ2) is 11.4. The van der Waals surface area contributed by atoms with Gasteiger partial charge in [0.05, 0.1) is 11.5 Å². The first kappa shape index (κ1) is 27.9. The van der Waals surface area contributed by atoms with Gasteiger partial charge in [-0.05, 0) is 52.7 Å². The fourth-order valence-electron chi connectivity index (χ4n) is 3.79. The van der Waals surface area contributed by atoms with Crippen molar-refractivity contribution < 1.29 is 32.4 Å². The number of esters is 1. The average molecular weight is 507 g/mol. The fraction of sp³-hybridized carbons (Fsp3) is 0.391. The van der Waals surface area contributed by atoms with Crippen LogP contribution in [-0.2, 0) is 43.7 Å². The number of nitrogens with one attached hydrogen (secondary N) is 1. The standard InChI is InChI=1S/C23H28BNO7S.H2S/c1-5-18-19(11-8-16-13-32-24(28)20(16)18)22(26)25-21(14(2)3)23(27)31-12-15-6-9-17(10-7-15)33(4,29)30;/h6-11,14,21,28H,5,12-13H2,1-4H3,(H,25,26);1H2/t21-;/m0./s1. The zero-order valence-electron chi connectivity index (χ0n) is 19.6. The summed E-state index contributed by atoms with van der Waals surface area (Å²) in [6.07, 6.45) is 1.64. The molecule has 1 aliphatic rings. The molecular formula is C23H30BNO7S2. The van der Waals surface area contributed by atoms with Crippen LogP contribution >= 0.6 is 13.5 Å². The molecule has 0 radical (unpaired) electrons. The van der Waals surface area contributed by atoms with Gasteiger partial charge in [0.1, 0.15) is 12.6 Å². The number of fused-ring (bicyclic) bond motifs is 1. The van der Waals surface area contributed by atoms with E-state index in [4.69, 9.17) is 9.39 Å². The van der Waals surface area contributed by atoms with E-state index in [1.54, 1.807) is 38.1 Å². The molecule has 1 aliphatic heterocycles. The van der Waals surface area contributed by atoms with Crippen molar-refractivity contribution in [3.8, 4) is 0 Å². The summed E-state index contributed by atoms with van der Waals surface area (Å²) in [4.78, 5) is 26.0. The Kier molecular flexibility index (Phi) is 9.35. The lowest BCUT2D eigenvalue weighted by Crippen LogP contribution is -2.46. The zero-order valence-corrected chi connectivity index (χ0v) is 21.4. The van der Waals surface area contributed by atoms with E-state index in [0.717, 1.165) is 11.8 Å². The van der Waals surface area contributed by atoms with Crippen molar-refractivity contribution in [2.75, 3.05) is 6.26 Å². The molecule has 0 fully saturated rings. The summed E-state index contributed by atoms with van der Waals surface area (Å²) in [6, 6.07) is 8.63. The Morgan fingerprint density at radius 1 is 1.18 bits per heavy atom. The third-order valence-electron chi connectivity index (χ3n) is 5.63. The lowest BCUT2D eigenvalue weighted by molar-refractivity contribution is -0.148. The van der Waals surface area contributed by atoms with Crippen LogP contribution in [-0.4, -0.2) is 44.7 Å². The first-order valence-electron chi connectivity index (χ1n) is 10.7. The van der Waals surface area contributed by atoms with Crippen LogP contribution in [0.1, 0.15) is 47.8 Å². The van der Waals surface area contributed by atoms with E-state index in [9.17, 15) is 23.0 Å². The van der Waals surface area contributed by atoms with Crippen LogP contribution in [0.2, 0.25) is 0 Å². The first-order valence-corrected chi connectivity index (χ1v) is 12.6. The fourth-order valence-corrected chi connectivity index (χ4v) is 4.42. The monoisotopic (exact) mass is 507 g/mol. The van der Waals surface area contributed by atoms with Crippen molar-refractivity contribution in [3.05, 3.63) is 58.7 Å². The van der Waals surface area contributed by atoms with Crippen LogP contribution in [0.4, 0.5) is 0 Å². The van der Waals surface area contributed by atoms with Gasteiger partial charge in [0.25, 0.3) is 5.91 Å². The molecule has 0 bridgehead atoms. The number of hydrogen-bond donors (Lipinski definition) is 2. The van der Waals surface area contributed by atoms with E-state index in [-0.39, 0.29) is 37.5 Å². The van der Waals surface area contributed by atoms with E-state index >= 15 is 0 Å². The van der Waals surface area contributed by atoms with Gasteiger partial charge in [-0.1, -0.05) is 39.0 Å². The Balaban J connectivity index is 0.00000408. The summed E-state index contributed by atoms with van der Waals surface area (Å²) >= 11 is 0. The molecule has 0 unspecified atom stereocenters. The Labute approximate surface area is 207 Å². The summed E-state index contributed by atoms with van der Waals surface area (Å²) in [7, 11) is -4.37. The molecule has 0 saturated carbocycles. The lowest BCUT2D eigenvalue weighted by atomic mass is 9.74. The van der Waals surface area contributed by atoms with E-state index in [2.05, 4.69) is 5.32 Å². The number of sulfone groups is 1. The van der Waals surface area contributed by atoms with Gasteiger partial charge in [0.2, 0.25) is 0 Å². The minimum absolute atomic E-state index is 0. The molecule has 1 heterocycles. The molecule has 0 saturated heterocycles. The molecule has 1 atom stereocenters. The SMILES string of the molecule is CCc1c(C(=O)N[C@H](C(=O)OCc2ccc(S(C)(=O)=O)cc2)C(C)C)ccc2c1B(O)OC2.S. The molecule has 184 valence electrons. The third kappa shape index (κ3) is 6.21. The van der Waals surface area contributed by atoms with Gasteiger partial charge in [-0.25, -0.2) is 13.2 Å². The van der Waals surface area contributed by atoms with Crippen molar-refractivity contribution in [2.45, 2.75) is 51.3 Å². The van der Waals surface area contributed by atoms with Crippen LogP contribution in [0.5, 0.6) is 0 Å². The maximum atomic E-state index is 13.1. The number of benzene rings is 2. The van der Waals surface area contributed by atoms with Gasteiger partial charge in [-0.3, -0.25) is 4.79 Å². The van der Waals surface area contributed by atoms with Gasteiger partial charge >= 0.3 is 13.1 Å². The van der Waals surface area contributed by atoms with E-state index in [0.29, 0.717) is 28.6 Å². The largest absolute Gasteiger partial charge is 0.492 e. The minimum atomic E-state index is -3.31. The maximum absolute atomic E-state index is 13.1. The second-order valence-corrected chi connectivity index (χ2v) is 10.4. The zero-order chi connectivity index (χ0) is 24.3. The predicted octanol–water partition coefficient (Wildman–Crippen LogP) is 1.48. The number of rotatable bonds is 8. The van der Waals surface area contributed by atoms with Crippen LogP contribution in [0, 0.1) is 5.92 Å². The summed E-state index contributed by atoms with van der Waals surface area (Å²) < 4.78 is 33.8. The van der Waals surface area contributed by atoms with Crippen LogP contribution in [0.3, 0.4) is 0 Å². The molecule has 1 amide bonds. The molecule has 2 aromatic carbocycles. The number of carbonyl (C=O) groups excluding carboxylic acids is 2. The van der Waals surface area contributed by atoms with Gasteiger partial charge < -0.3 is 19.7 Å². The van der Waals surface area contributed by atoms with E-state index in [1.807, 2.05) is 6.92 Å². The van der Waals surface area contributed by atoms with Crippen molar-refractivity contribution in [1.29, 1.82) is 0 Å². The highest BCUT2D eigenvalue weighted by Gasteiger charge is 2.33. The van der Waals surface area contributed by atoms with E-state index in [1.165, 1.54) is 12.1 Å². The summed E-state index contributed by atoms with van der Waals surface area (Å²) in [5.41, 5.74) is 3.17. The highest BCUT2D eigenvalue weighted by Crippen LogP contribution is 2.19. The normalized spacial score (nSPS) is 13.8. The van der Waals surface area contributed by atoms with Crippen molar-refractivity contribution in [3.63, 3.8) is 0 Å². The number of hydrogen-bond acceptors (Lipinski definition) is 7. The van der Waals surface area contributed by atoms with Crippen LogP contribution in [0.25, 0.3) is 0 Å². The first-order chi connectivity index (χ1) is 15.5. The molecule has 0 aliphatic carbocycles. The molecular weight excluding hydrogens is 477 g/mol. The van der Waals surface area contributed by atoms with Crippen LogP contribution in [0.15, 0.2) is 41.3 Å². The lowest BCUT2D eigenvalue weighted by Gasteiger charge is -2.22. The summed E-state index contributed by atoms with van der Waals surface area (Å²) in [5.74, 6) is -1.25. The average Bonchev–Trinajstić information content (AvgIpc) is 3.15. The number of amides is 1. The van der Waals surface area contributed by atoms with Crippen molar-refractivity contribution >= 4 is 47.8 Å². The molecule has 11 heteroatoms.